The van der Waals surface area contributed by atoms with Gasteiger partial charge < -0.3 is 14.2 Å². The predicted octanol–water partition coefficient (Wildman–Crippen LogP) is 15.8. The van der Waals surface area contributed by atoms with Gasteiger partial charge in [0.1, 0.15) is 13.2 Å². The van der Waals surface area contributed by atoms with Gasteiger partial charge in [0.05, 0.1) is 0 Å². The summed E-state index contributed by atoms with van der Waals surface area (Å²) in [6, 6.07) is 0. The second-order valence-corrected chi connectivity index (χ2v) is 16.4. The first-order valence-electron chi connectivity index (χ1n) is 24.5. The number of hydrogen-bond donors (Lipinski definition) is 0. The number of carbonyl (C=O) groups excluding carboxylic acids is 3. The van der Waals surface area contributed by atoms with E-state index in [-0.39, 0.29) is 31.1 Å². The first-order chi connectivity index (χ1) is 28.0. The minimum Gasteiger partial charge on any atom is -0.462 e. The van der Waals surface area contributed by atoms with Crippen molar-refractivity contribution in [3.63, 3.8) is 0 Å². The number of unbranched alkanes of at least 4 members (excludes halogenated alkanes) is 27. The third kappa shape index (κ3) is 44.6. The van der Waals surface area contributed by atoms with Gasteiger partial charge in [0.25, 0.3) is 0 Å². The highest BCUT2D eigenvalue weighted by Crippen LogP contribution is 2.14. The van der Waals surface area contributed by atoms with Crippen molar-refractivity contribution in [3.05, 3.63) is 36.5 Å². The van der Waals surface area contributed by atoms with Crippen LogP contribution in [0.4, 0.5) is 0 Å². The minimum absolute atomic E-state index is 0.0820. The van der Waals surface area contributed by atoms with Crippen LogP contribution in [0.1, 0.15) is 252 Å². The van der Waals surface area contributed by atoms with Crippen LogP contribution in [0.25, 0.3) is 0 Å². The summed E-state index contributed by atoms with van der Waals surface area (Å²) in [6.45, 7) is 6.56. The van der Waals surface area contributed by atoms with E-state index >= 15 is 0 Å². The van der Waals surface area contributed by atoms with Crippen LogP contribution in [0, 0.1) is 0 Å². The van der Waals surface area contributed by atoms with Gasteiger partial charge in [-0.2, -0.15) is 0 Å². The van der Waals surface area contributed by atoms with E-state index in [0.29, 0.717) is 19.3 Å². The molecule has 0 saturated carbocycles. The second kappa shape index (κ2) is 46.3. The third-order valence-electron chi connectivity index (χ3n) is 10.6. The number of ether oxygens (including phenoxy) is 3. The SMILES string of the molecule is CCCC/C=C\CCCCCCCC(=O)OCC(COC(=O)CCCCCCCCC/C=C\CCCCCC)OC(=O)CCCCC/C=C\CCCCCCCC. The van der Waals surface area contributed by atoms with Crippen LogP contribution >= 0.6 is 0 Å². The smallest absolute Gasteiger partial charge is 0.306 e. The summed E-state index contributed by atoms with van der Waals surface area (Å²) in [7, 11) is 0. The molecule has 0 aliphatic carbocycles. The van der Waals surface area contributed by atoms with Gasteiger partial charge in [-0.25, -0.2) is 0 Å². The van der Waals surface area contributed by atoms with Gasteiger partial charge in [-0.1, -0.05) is 179 Å². The molecule has 0 aliphatic heterocycles. The maximum atomic E-state index is 12.7. The molecule has 6 nitrogen and oxygen atoms in total. The average molecular weight is 801 g/mol. The first-order valence-corrected chi connectivity index (χ1v) is 24.5. The van der Waals surface area contributed by atoms with Crippen molar-refractivity contribution in [1.82, 2.24) is 0 Å². The van der Waals surface area contributed by atoms with Crippen LogP contribution in [0.5, 0.6) is 0 Å². The number of allylic oxidation sites excluding steroid dienone is 6. The van der Waals surface area contributed by atoms with Crippen molar-refractivity contribution in [2.45, 2.75) is 258 Å². The first kappa shape index (κ1) is 54.6. The molecule has 0 aromatic rings. The van der Waals surface area contributed by atoms with Crippen LogP contribution in [0.3, 0.4) is 0 Å². The molecule has 57 heavy (non-hydrogen) atoms. The van der Waals surface area contributed by atoms with E-state index in [2.05, 4.69) is 57.2 Å². The van der Waals surface area contributed by atoms with Gasteiger partial charge >= 0.3 is 17.9 Å². The normalized spacial score (nSPS) is 12.3. The monoisotopic (exact) mass is 801 g/mol. The van der Waals surface area contributed by atoms with Crippen LogP contribution < -0.4 is 0 Å². The molecule has 1 atom stereocenters. The summed E-state index contributed by atoms with van der Waals surface area (Å²) in [5.41, 5.74) is 0. The quantitative estimate of drug-likeness (QED) is 0.0264. The van der Waals surface area contributed by atoms with E-state index in [4.69, 9.17) is 14.2 Å². The van der Waals surface area contributed by atoms with Crippen LogP contribution in [-0.2, 0) is 28.6 Å². The largest absolute Gasteiger partial charge is 0.462 e. The molecule has 6 heteroatoms. The van der Waals surface area contributed by atoms with E-state index < -0.39 is 6.10 Å². The summed E-state index contributed by atoms with van der Waals surface area (Å²) >= 11 is 0. The fraction of sp³-hybridized carbons (Fsp3) is 0.824. The van der Waals surface area contributed by atoms with Crippen molar-refractivity contribution in [1.29, 1.82) is 0 Å². The Morgan fingerprint density at radius 2 is 0.596 bits per heavy atom. The Morgan fingerprint density at radius 1 is 0.333 bits per heavy atom. The van der Waals surface area contributed by atoms with Gasteiger partial charge in [0.2, 0.25) is 0 Å². The third-order valence-corrected chi connectivity index (χ3v) is 10.6. The van der Waals surface area contributed by atoms with E-state index in [0.717, 1.165) is 77.0 Å². The van der Waals surface area contributed by atoms with Gasteiger partial charge in [0.15, 0.2) is 6.10 Å². The van der Waals surface area contributed by atoms with Gasteiger partial charge in [-0.05, 0) is 89.9 Å². The number of carbonyl (C=O) groups is 3. The maximum absolute atomic E-state index is 12.7. The average Bonchev–Trinajstić information content (AvgIpc) is 3.21. The highest BCUT2D eigenvalue weighted by Gasteiger charge is 2.19. The summed E-state index contributed by atoms with van der Waals surface area (Å²) < 4.78 is 16.7. The number of hydrogen-bond acceptors (Lipinski definition) is 6. The van der Waals surface area contributed by atoms with Gasteiger partial charge in [0, 0.05) is 19.3 Å². The van der Waals surface area contributed by atoms with Crippen molar-refractivity contribution in [2.75, 3.05) is 13.2 Å². The Labute approximate surface area is 353 Å². The van der Waals surface area contributed by atoms with Crippen molar-refractivity contribution in [2.24, 2.45) is 0 Å². The lowest BCUT2D eigenvalue weighted by molar-refractivity contribution is -0.167. The molecule has 0 aromatic carbocycles. The molecule has 1 unspecified atom stereocenters. The minimum atomic E-state index is -0.781. The molecule has 0 radical (unpaired) electrons. The second-order valence-electron chi connectivity index (χ2n) is 16.4. The number of rotatable bonds is 44. The topological polar surface area (TPSA) is 78.9 Å². The number of esters is 3. The molecule has 0 saturated heterocycles. The molecule has 0 aliphatic rings. The Hall–Kier alpha value is -2.37. The summed E-state index contributed by atoms with van der Waals surface area (Å²) in [5.74, 6) is -0.908. The zero-order valence-corrected chi connectivity index (χ0v) is 37.9. The molecule has 0 spiro atoms. The van der Waals surface area contributed by atoms with Crippen molar-refractivity contribution >= 4 is 17.9 Å². The van der Waals surface area contributed by atoms with E-state index in [1.54, 1.807) is 0 Å². The molecule has 0 aromatic heterocycles. The molecule has 332 valence electrons. The Bertz CT molecular complexity index is 969. The van der Waals surface area contributed by atoms with Crippen molar-refractivity contribution in [3.8, 4) is 0 Å². The van der Waals surface area contributed by atoms with E-state index in [1.165, 1.54) is 135 Å². The highest BCUT2D eigenvalue weighted by molar-refractivity contribution is 5.71. The zero-order chi connectivity index (χ0) is 41.5. The van der Waals surface area contributed by atoms with Crippen molar-refractivity contribution < 1.29 is 28.6 Å². The molecule has 0 rings (SSSR count). The molecular formula is C51H92O6. The zero-order valence-electron chi connectivity index (χ0n) is 37.9. The summed E-state index contributed by atoms with van der Waals surface area (Å²) in [5, 5.41) is 0. The van der Waals surface area contributed by atoms with Crippen LogP contribution in [0.15, 0.2) is 36.5 Å². The van der Waals surface area contributed by atoms with Gasteiger partial charge in [-0.3, -0.25) is 14.4 Å². The summed E-state index contributed by atoms with van der Waals surface area (Å²) in [4.78, 5) is 37.8. The standard InChI is InChI=1S/C51H92O6/c1-4-7-10-13-16-19-22-24-25-27-29-32-35-38-41-44-50(53)56-47-48(46-55-49(52)43-40-37-34-31-28-21-18-15-12-9-6-3)57-51(54)45-42-39-36-33-30-26-23-20-17-14-11-8-5-2/h15,18-19,22,26,30,48H,4-14,16-17,20-21,23-25,27-29,31-47H2,1-3H3/b18-15-,22-19-,30-26-. The van der Waals surface area contributed by atoms with Crippen LogP contribution in [0.2, 0.25) is 0 Å². The summed E-state index contributed by atoms with van der Waals surface area (Å²) in [6.07, 6.45) is 52.7. The lowest BCUT2D eigenvalue weighted by Crippen LogP contribution is -2.30. The van der Waals surface area contributed by atoms with Gasteiger partial charge in [-0.15, -0.1) is 0 Å². The van der Waals surface area contributed by atoms with E-state index in [1.807, 2.05) is 0 Å². The molecular weight excluding hydrogens is 709 g/mol. The lowest BCUT2D eigenvalue weighted by atomic mass is 10.1. The molecule has 0 N–H and O–H groups in total. The molecule has 0 heterocycles. The Balaban J connectivity index is 4.38. The predicted molar refractivity (Wildman–Crippen MR) is 242 cm³/mol. The Morgan fingerprint density at radius 3 is 0.965 bits per heavy atom. The molecule has 0 bridgehead atoms. The molecule has 0 amide bonds. The van der Waals surface area contributed by atoms with Crippen LogP contribution in [-0.4, -0.2) is 37.2 Å². The van der Waals surface area contributed by atoms with E-state index in [9.17, 15) is 14.4 Å². The maximum Gasteiger partial charge on any atom is 0.306 e. The highest BCUT2D eigenvalue weighted by atomic mass is 16.6. The Kier molecular flexibility index (Phi) is 44.4. The molecule has 0 fully saturated rings. The fourth-order valence-corrected chi connectivity index (χ4v) is 6.82. The lowest BCUT2D eigenvalue weighted by Gasteiger charge is -2.18. The fourth-order valence-electron chi connectivity index (χ4n) is 6.82.